The number of anilines is 3. The lowest BCUT2D eigenvalue weighted by Gasteiger charge is -2.10. The molecule has 3 N–H and O–H groups in total. The molecule has 0 bridgehead atoms. The summed E-state index contributed by atoms with van der Waals surface area (Å²) in [7, 11) is 0. The highest BCUT2D eigenvalue weighted by atomic mass is 35.5. The van der Waals surface area contributed by atoms with Gasteiger partial charge in [0.25, 0.3) is 11.5 Å². The molecule has 186 valence electrons. The average molecular weight is 523 g/mol. The zero-order chi connectivity index (χ0) is 26.6. The number of nitriles is 1. The zero-order valence-corrected chi connectivity index (χ0v) is 20.7. The van der Waals surface area contributed by atoms with Crippen LogP contribution in [-0.4, -0.2) is 30.9 Å². The molecule has 0 spiro atoms. The molecule has 5 rings (SSSR count). The van der Waals surface area contributed by atoms with Gasteiger partial charge in [-0.3, -0.25) is 14.6 Å². The Morgan fingerprint density at radius 3 is 2.50 bits per heavy atom. The van der Waals surface area contributed by atoms with E-state index < -0.39 is 11.5 Å². The maximum atomic E-state index is 13.0. The van der Waals surface area contributed by atoms with E-state index >= 15 is 0 Å². The molecule has 0 atom stereocenters. The first-order valence-corrected chi connectivity index (χ1v) is 11.8. The Balaban J connectivity index is 1.43. The molecular weight excluding hydrogens is 504 g/mol. The molecule has 3 aromatic carbocycles. The van der Waals surface area contributed by atoms with E-state index in [9.17, 15) is 14.9 Å². The van der Waals surface area contributed by atoms with Crippen molar-refractivity contribution in [3.8, 4) is 23.0 Å². The van der Waals surface area contributed by atoms with Crippen LogP contribution in [0.3, 0.4) is 0 Å². The maximum absolute atomic E-state index is 13.0. The van der Waals surface area contributed by atoms with E-state index in [2.05, 4.69) is 30.8 Å². The monoisotopic (exact) mass is 522 g/mol. The molecule has 11 heteroatoms. The standard InChI is InChI=1S/C27H19ClN8O2/c1-16-23(35-36(34-16)21-8-3-2-4-9-21)26(38)30-20-7-5-6-17(14-20)24-22(15-29)25(37)33-27(32-24)31-19-12-10-18(28)11-13-19/h2-14H,1H3,(H,30,38)(H2,31,32,33,37). The highest BCUT2D eigenvalue weighted by Crippen LogP contribution is 2.25. The molecule has 0 unspecified atom stereocenters. The molecule has 0 saturated heterocycles. The number of rotatable bonds is 6. The van der Waals surface area contributed by atoms with Gasteiger partial charge in [-0.2, -0.15) is 15.2 Å². The lowest BCUT2D eigenvalue weighted by Crippen LogP contribution is -2.16. The van der Waals surface area contributed by atoms with Gasteiger partial charge in [0.05, 0.1) is 17.1 Å². The van der Waals surface area contributed by atoms with Crippen molar-refractivity contribution in [3.05, 3.63) is 111 Å². The van der Waals surface area contributed by atoms with Gasteiger partial charge < -0.3 is 10.6 Å². The second kappa shape index (κ2) is 10.4. The van der Waals surface area contributed by atoms with Crippen LogP contribution in [0.15, 0.2) is 83.7 Å². The molecule has 2 aromatic heterocycles. The molecule has 0 aliphatic rings. The predicted molar refractivity (Wildman–Crippen MR) is 144 cm³/mol. The van der Waals surface area contributed by atoms with Gasteiger partial charge in [0.2, 0.25) is 5.95 Å². The predicted octanol–water partition coefficient (Wildman–Crippen LogP) is 4.85. The Morgan fingerprint density at radius 2 is 1.76 bits per heavy atom. The number of amides is 1. The molecule has 5 aromatic rings. The molecule has 10 nitrogen and oxygen atoms in total. The molecule has 0 radical (unpaired) electrons. The summed E-state index contributed by atoms with van der Waals surface area (Å²) >= 11 is 5.94. The Morgan fingerprint density at radius 1 is 1.00 bits per heavy atom. The Hall–Kier alpha value is -5.27. The highest BCUT2D eigenvalue weighted by Gasteiger charge is 2.18. The van der Waals surface area contributed by atoms with Gasteiger partial charge in [0, 0.05) is 22.0 Å². The molecule has 2 heterocycles. The number of aryl methyl sites for hydroxylation is 1. The first-order chi connectivity index (χ1) is 18.4. The summed E-state index contributed by atoms with van der Waals surface area (Å²) in [6, 6.07) is 24.7. The van der Waals surface area contributed by atoms with Crippen LogP contribution in [0.5, 0.6) is 0 Å². The highest BCUT2D eigenvalue weighted by molar-refractivity contribution is 6.30. The number of halogens is 1. The number of benzene rings is 3. The number of hydrogen-bond donors (Lipinski definition) is 3. The van der Waals surface area contributed by atoms with E-state index in [1.54, 1.807) is 55.5 Å². The van der Waals surface area contributed by atoms with E-state index in [-0.39, 0.29) is 22.9 Å². The SMILES string of the molecule is Cc1nn(-c2ccccc2)nc1C(=O)Nc1cccc(-c2nc(Nc3ccc(Cl)cc3)[nH]c(=O)c2C#N)c1. The van der Waals surface area contributed by atoms with Crippen LogP contribution in [0.1, 0.15) is 21.7 Å². The zero-order valence-electron chi connectivity index (χ0n) is 19.9. The number of aromatic amines is 1. The molecule has 38 heavy (non-hydrogen) atoms. The third-order valence-corrected chi connectivity index (χ3v) is 5.77. The minimum Gasteiger partial charge on any atom is -0.326 e. The van der Waals surface area contributed by atoms with Crippen LogP contribution >= 0.6 is 11.6 Å². The molecule has 0 aliphatic carbocycles. The van der Waals surface area contributed by atoms with Gasteiger partial charge in [-0.1, -0.05) is 41.9 Å². The van der Waals surface area contributed by atoms with Crippen molar-refractivity contribution in [2.45, 2.75) is 6.92 Å². The minimum atomic E-state index is -0.600. The van der Waals surface area contributed by atoms with Crippen LogP contribution in [0.25, 0.3) is 16.9 Å². The van der Waals surface area contributed by atoms with E-state index in [1.807, 2.05) is 36.4 Å². The number of nitrogens with zero attached hydrogens (tertiary/aromatic N) is 5. The summed E-state index contributed by atoms with van der Waals surface area (Å²) in [4.78, 5) is 34.1. The van der Waals surface area contributed by atoms with Gasteiger partial charge in [0.15, 0.2) is 5.69 Å². The van der Waals surface area contributed by atoms with Gasteiger partial charge in [-0.25, -0.2) is 4.98 Å². The molecule has 0 aliphatic heterocycles. The van der Waals surface area contributed by atoms with Gasteiger partial charge in [-0.15, -0.1) is 5.10 Å². The largest absolute Gasteiger partial charge is 0.326 e. The first-order valence-electron chi connectivity index (χ1n) is 11.4. The Labute approximate surface area is 221 Å². The number of H-pyrrole nitrogens is 1. The van der Waals surface area contributed by atoms with Gasteiger partial charge >= 0.3 is 0 Å². The molecular formula is C27H19ClN8O2. The molecule has 1 amide bonds. The molecule has 0 fully saturated rings. The fraction of sp³-hybridized carbons (Fsp3) is 0.0370. The number of aromatic nitrogens is 5. The second-order valence-corrected chi connectivity index (χ2v) is 8.61. The Bertz CT molecular complexity index is 1740. The lowest BCUT2D eigenvalue weighted by atomic mass is 10.1. The van der Waals surface area contributed by atoms with Gasteiger partial charge in [0.1, 0.15) is 11.6 Å². The summed E-state index contributed by atoms with van der Waals surface area (Å²) in [6.45, 7) is 1.70. The van der Waals surface area contributed by atoms with Crippen molar-refractivity contribution in [2.24, 2.45) is 0 Å². The first kappa shape index (κ1) is 24.4. The normalized spacial score (nSPS) is 10.6. The number of nitrogens with one attached hydrogen (secondary N) is 3. The van der Waals surface area contributed by atoms with Crippen LogP contribution in [-0.2, 0) is 0 Å². The van der Waals surface area contributed by atoms with Crippen LogP contribution in [0.4, 0.5) is 17.3 Å². The molecule has 0 saturated carbocycles. The van der Waals surface area contributed by atoms with Gasteiger partial charge in [-0.05, 0) is 55.5 Å². The van der Waals surface area contributed by atoms with Crippen LogP contribution in [0, 0.1) is 18.3 Å². The van der Waals surface area contributed by atoms with Crippen molar-refractivity contribution in [3.63, 3.8) is 0 Å². The number of para-hydroxylation sites is 1. The smallest absolute Gasteiger partial charge is 0.278 e. The van der Waals surface area contributed by atoms with E-state index in [0.29, 0.717) is 27.7 Å². The minimum absolute atomic E-state index is 0.147. The quantitative estimate of drug-likeness (QED) is 0.289. The fourth-order valence-electron chi connectivity index (χ4n) is 3.71. The average Bonchev–Trinajstić information content (AvgIpc) is 3.32. The van der Waals surface area contributed by atoms with Crippen molar-refractivity contribution < 1.29 is 4.79 Å². The maximum Gasteiger partial charge on any atom is 0.278 e. The van der Waals surface area contributed by atoms with Crippen molar-refractivity contribution in [1.29, 1.82) is 5.26 Å². The lowest BCUT2D eigenvalue weighted by molar-refractivity contribution is 0.102. The summed E-state index contributed by atoms with van der Waals surface area (Å²) in [6.07, 6.45) is 0. The van der Waals surface area contributed by atoms with Crippen LogP contribution < -0.4 is 16.2 Å². The van der Waals surface area contributed by atoms with Crippen molar-refractivity contribution >= 4 is 34.8 Å². The second-order valence-electron chi connectivity index (χ2n) is 8.18. The summed E-state index contributed by atoms with van der Waals surface area (Å²) in [5, 5.41) is 24.7. The number of carbonyl (C=O) groups excluding carboxylic acids is 1. The van der Waals surface area contributed by atoms with E-state index in [4.69, 9.17) is 11.6 Å². The third kappa shape index (κ3) is 5.13. The number of carbonyl (C=O) groups is 1. The van der Waals surface area contributed by atoms with E-state index in [1.165, 1.54) is 4.80 Å². The summed E-state index contributed by atoms with van der Waals surface area (Å²) < 4.78 is 0. The summed E-state index contributed by atoms with van der Waals surface area (Å²) in [5.41, 5.74) is 2.30. The van der Waals surface area contributed by atoms with Crippen molar-refractivity contribution in [1.82, 2.24) is 25.0 Å². The van der Waals surface area contributed by atoms with Crippen LogP contribution in [0.2, 0.25) is 5.02 Å². The van der Waals surface area contributed by atoms with E-state index in [0.717, 1.165) is 5.69 Å². The van der Waals surface area contributed by atoms with Crippen molar-refractivity contribution in [2.75, 3.05) is 10.6 Å². The fourth-order valence-corrected chi connectivity index (χ4v) is 3.84. The third-order valence-electron chi connectivity index (χ3n) is 5.52. The topological polar surface area (TPSA) is 141 Å². The Kier molecular flexibility index (Phi) is 6.67. The summed E-state index contributed by atoms with van der Waals surface area (Å²) in [5.74, 6) is -0.305. The number of hydrogen-bond acceptors (Lipinski definition) is 7.